The first-order chi connectivity index (χ1) is 7.77. The highest BCUT2D eigenvalue weighted by atomic mass is 16.1. The molecule has 80 valence electrons. The van der Waals surface area contributed by atoms with Gasteiger partial charge in [0.05, 0.1) is 6.42 Å². The van der Waals surface area contributed by atoms with E-state index in [2.05, 4.69) is 15.2 Å². The molecule has 0 amide bonds. The molecule has 1 aromatic carbocycles. The van der Waals surface area contributed by atoms with E-state index in [0.717, 1.165) is 0 Å². The van der Waals surface area contributed by atoms with Crippen LogP contribution in [0.3, 0.4) is 0 Å². The third-order valence-electron chi connectivity index (χ3n) is 2.10. The van der Waals surface area contributed by atoms with Gasteiger partial charge < -0.3 is 0 Å². The number of H-pyrrole nitrogens is 1. The maximum Gasteiger partial charge on any atom is 0.207 e. The van der Waals surface area contributed by atoms with Crippen molar-refractivity contribution in [2.75, 3.05) is 0 Å². The Bertz CT molecular complexity index is 491. The molecule has 2 aromatic rings. The van der Waals surface area contributed by atoms with Gasteiger partial charge in [-0.3, -0.25) is 14.7 Å². The van der Waals surface area contributed by atoms with Crippen molar-refractivity contribution < 1.29 is 9.59 Å². The van der Waals surface area contributed by atoms with Crippen molar-refractivity contribution in [3.8, 4) is 0 Å². The number of nitrogens with zero attached hydrogens (tertiary/aromatic N) is 2. The first kappa shape index (κ1) is 10.2. The molecule has 0 fully saturated rings. The zero-order valence-electron chi connectivity index (χ0n) is 8.38. The van der Waals surface area contributed by atoms with E-state index in [1.54, 1.807) is 24.3 Å². The second-order valence-electron chi connectivity index (χ2n) is 3.22. The lowest BCUT2D eigenvalue weighted by Gasteiger charge is -1.97. The highest BCUT2D eigenvalue weighted by Crippen LogP contribution is 2.05. The normalized spacial score (nSPS) is 10.0. The highest BCUT2D eigenvalue weighted by Gasteiger charge is 2.15. The van der Waals surface area contributed by atoms with Crippen LogP contribution in [0.2, 0.25) is 0 Å². The maximum absolute atomic E-state index is 11.7. The lowest BCUT2D eigenvalue weighted by Crippen LogP contribution is -2.10. The Balaban J connectivity index is 2.06. The minimum atomic E-state index is -0.355. The summed E-state index contributed by atoms with van der Waals surface area (Å²) in [6.45, 7) is 0. The number of carbonyl (C=O) groups excluding carboxylic acids is 2. The van der Waals surface area contributed by atoms with E-state index in [9.17, 15) is 9.59 Å². The van der Waals surface area contributed by atoms with Gasteiger partial charge in [-0.15, -0.1) is 0 Å². The number of hydrogen-bond acceptors (Lipinski definition) is 4. The lowest BCUT2D eigenvalue weighted by molar-refractivity contribution is 0.0888. The molecule has 0 saturated carbocycles. The highest BCUT2D eigenvalue weighted by molar-refractivity contribution is 6.12. The van der Waals surface area contributed by atoms with Crippen LogP contribution in [0.15, 0.2) is 36.7 Å². The molecule has 0 bridgehead atoms. The molecule has 0 aliphatic heterocycles. The Morgan fingerprint density at radius 2 is 1.88 bits per heavy atom. The van der Waals surface area contributed by atoms with Crippen molar-refractivity contribution in [2.24, 2.45) is 0 Å². The van der Waals surface area contributed by atoms with Gasteiger partial charge in [0.2, 0.25) is 5.78 Å². The molecule has 5 heteroatoms. The van der Waals surface area contributed by atoms with Crippen LogP contribution in [0.1, 0.15) is 27.4 Å². The second-order valence-corrected chi connectivity index (χ2v) is 3.22. The molecule has 2 rings (SSSR count). The van der Waals surface area contributed by atoms with Crippen LogP contribution in [0.5, 0.6) is 0 Å². The summed E-state index contributed by atoms with van der Waals surface area (Å²) < 4.78 is 0. The molecule has 0 aliphatic rings. The van der Waals surface area contributed by atoms with Crippen LogP contribution < -0.4 is 0 Å². The molecule has 5 nitrogen and oxygen atoms in total. The molecule has 0 saturated heterocycles. The monoisotopic (exact) mass is 215 g/mol. The first-order valence-corrected chi connectivity index (χ1v) is 4.74. The maximum atomic E-state index is 11.7. The summed E-state index contributed by atoms with van der Waals surface area (Å²) in [5.41, 5.74) is 0.523. The SMILES string of the molecule is O=C(CC(=O)c1ncn[nH]1)c1ccccc1. The number of aromatic nitrogens is 3. The number of rotatable bonds is 4. The number of carbonyl (C=O) groups is 2. The summed E-state index contributed by atoms with van der Waals surface area (Å²) in [6.07, 6.45) is 1.04. The molecule has 0 unspecified atom stereocenters. The van der Waals surface area contributed by atoms with Crippen molar-refractivity contribution in [1.29, 1.82) is 0 Å². The minimum absolute atomic E-state index is 0.115. The fourth-order valence-corrected chi connectivity index (χ4v) is 1.30. The average Bonchev–Trinajstić information content (AvgIpc) is 2.83. The van der Waals surface area contributed by atoms with Crippen LogP contribution in [0, 0.1) is 0 Å². The third kappa shape index (κ3) is 2.20. The van der Waals surface area contributed by atoms with E-state index in [1.165, 1.54) is 6.33 Å². The molecule has 1 heterocycles. The van der Waals surface area contributed by atoms with Gasteiger partial charge in [-0.1, -0.05) is 30.3 Å². The molecule has 0 spiro atoms. The number of nitrogens with one attached hydrogen (secondary N) is 1. The number of benzene rings is 1. The molecule has 16 heavy (non-hydrogen) atoms. The van der Waals surface area contributed by atoms with Crippen LogP contribution in [-0.4, -0.2) is 26.7 Å². The van der Waals surface area contributed by atoms with Gasteiger partial charge in [-0.25, -0.2) is 4.98 Å². The van der Waals surface area contributed by atoms with Gasteiger partial charge in [0, 0.05) is 5.56 Å². The zero-order chi connectivity index (χ0) is 11.4. The Morgan fingerprint density at radius 3 is 2.50 bits per heavy atom. The van der Waals surface area contributed by atoms with E-state index in [4.69, 9.17) is 0 Å². The van der Waals surface area contributed by atoms with Crippen molar-refractivity contribution in [3.63, 3.8) is 0 Å². The molecule has 1 aromatic heterocycles. The zero-order valence-corrected chi connectivity index (χ0v) is 8.38. The van der Waals surface area contributed by atoms with Gasteiger partial charge in [0.25, 0.3) is 0 Å². The molecular formula is C11H9N3O2. The van der Waals surface area contributed by atoms with Crippen molar-refractivity contribution in [2.45, 2.75) is 6.42 Å². The van der Waals surface area contributed by atoms with Crippen LogP contribution in [-0.2, 0) is 0 Å². The van der Waals surface area contributed by atoms with E-state index in [-0.39, 0.29) is 23.8 Å². The van der Waals surface area contributed by atoms with Crippen molar-refractivity contribution >= 4 is 11.6 Å². The quantitative estimate of drug-likeness (QED) is 0.615. The predicted octanol–water partition coefficient (Wildman–Crippen LogP) is 1.26. The third-order valence-corrected chi connectivity index (χ3v) is 2.10. The van der Waals surface area contributed by atoms with E-state index in [1.807, 2.05) is 6.07 Å². The van der Waals surface area contributed by atoms with Crippen molar-refractivity contribution in [3.05, 3.63) is 48.0 Å². The molecule has 0 radical (unpaired) electrons. The van der Waals surface area contributed by atoms with Gasteiger partial charge in [0.1, 0.15) is 6.33 Å². The fourth-order valence-electron chi connectivity index (χ4n) is 1.30. The van der Waals surface area contributed by atoms with E-state index in [0.29, 0.717) is 5.56 Å². The summed E-state index contributed by atoms with van der Waals surface area (Å²) in [6, 6.07) is 8.68. The standard InChI is InChI=1S/C11H9N3O2/c15-9(8-4-2-1-3-5-8)6-10(16)11-12-7-13-14-11/h1-5,7H,6H2,(H,12,13,14). The molecule has 0 atom stereocenters. The number of ketones is 2. The predicted molar refractivity (Wildman–Crippen MR) is 56.1 cm³/mol. The lowest BCUT2D eigenvalue weighted by atomic mass is 10.1. The Hall–Kier alpha value is -2.30. The van der Waals surface area contributed by atoms with Crippen molar-refractivity contribution in [1.82, 2.24) is 15.2 Å². The van der Waals surface area contributed by atoms with Gasteiger partial charge in [0.15, 0.2) is 11.6 Å². The smallest absolute Gasteiger partial charge is 0.207 e. The number of Topliss-reactive ketones (excluding diaryl/α,β-unsaturated/α-hetero) is 2. The van der Waals surface area contributed by atoms with E-state index >= 15 is 0 Å². The summed E-state index contributed by atoms with van der Waals surface area (Å²) in [7, 11) is 0. The minimum Gasteiger partial charge on any atom is -0.294 e. The Labute approximate surface area is 91.5 Å². The van der Waals surface area contributed by atoms with Gasteiger partial charge >= 0.3 is 0 Å². The summed E-state index contributed by atoms with van der Waals surface area (Å²) in [4.78, 5) is 26.9. The van der Waals surface area contributed by atoms with E-state index < -0.39 is 0 Å². The molecule has 0 aliphatic carbocycles. The topological polar surface area (TPSA) is 75.7 Å². The molecule has 1 N–H and O–H groups in total. The van der Waals surface area contributed by atoms with Crippen LogP contribution >= 0.6 is 0 Å². The second kappa shape index (κ2) is 4.48. The molecular weight excluding hydrogens is 206 g/mol. The average molecular weight is 215 g/mol. The number of aromatic amines is 1. The summed E-state index contributed by atoms with van der Waals surface area (Å²) in [5.74, 6) is -0.461. The van der Waals surface area contributed by atoms with Crippen LogP contribution in [0.25, 0.3) is 0 Å². The van der Waals surface area contributed by atoms with Gasteiger partial charge in [-0.05, 0) is 0 Å². The fraction of sp³-hybridized carbons (Fsp3) is 0.0909. The van der Waals surface area contributed by atoms with Gasteiger partial charge in [-0.2, -0.15) is 5.10 Å². The Morgan fingerprint density at radius 1 is 1.12 bits per heavy atom. The summed E-state index contributed by atoms with van der Waals surface area (Å²) >= 11 is 0. The number of hydrogen-bond donors (Lipinski definition) is 1. The van der Waals surface area contributed by atoms with Crippen LogP contribution in [0.4, 0.5) is 0 Å². The Kier molecular flexibility index (Phi) is 2.86. The largest absolute Gasteiger partial charge is 0.294 e. The summed E-state index contributed by atoms with van der Waals surface area (Å²) in [5, 5.41) is 5.99. The first-order valence-electron chi connectivity index (χ1n) is 4.74.